The molecule has 0 aliphatic carbocycles. The van der Waals surface area contributed by atoms with Gasteiger partial charge in [-0.05, 0) is 41.3 Å². The zero-order valence-corrected chi connectivity index (χ0v) is 17.5. The summed E-state index contributed by atoms with van der Waals surface area (Å²) in [6, 6.07) is 18.0. The molecule has 2 aromatic carbocycles. The first-order chi connectivity index (χ1) is 13.7. The van der Waals surface area contributed by atoms with Crippen LogP contribution in [-0.4, -0.2) is 22.2 Å². The molecule has 3 aromatic rings. The van der Waals surface area contributed by atoms with E-state index in [4.69, 9.17) is 11.6 Å². The number of hydrogen-bond donors (Lipinski definition) is 1. The van der Waals surface area contributed by atoms with Gasteiger partial charge in [-0.3, -0.25) is 9.59 Å². The van der Waals surface area contributed by atoms with Crippen molar-refractivity contribution in [2.24, 2.45) is 0 Å². The van der Waals surface area contributed by atoms with Crippen LogP contribution in [0, 0.1) is 0 Å². The molecule has 1 heterocycles. The average molecular weight is 410 g/mol. The van der Waals surface area contributed by atoms with Crippen molar-refractivity contribution in [3.8, 4) is 11.3 Å². The van der Waals surface area contributed by atoms with E-state index >= 15 is 0 Å². The Morgan fingerprint density at radius 1 is 1.00 bits per heavy atom. The largest absolute Gasteiger partial charge is 0.350 e. The quantitative estimate of drug-likeness (QED) is 0.683. The number of amides is 1. The molecule has 1 aromatic heterocycles. The molecular weight excluding hydrogens is 386 g/mol. The summed E-state index contributed by atoms with van der Waals surface area (Å²) in [5.41, 5.74) is 3.12. The Balaban J connectivity index is 1.64. The van der Waals surface area contributed by atoms with Gasteiger partial charge in [0.25, 0.3) is 11.5 Å². The topological polar surface area (TPSA) is 64.0 Å². The zero-order valence-electron chi connectivity index (χ0n) is 16.8. The van der Waals surface area contributed by atoms with Gasteiger partial charge < -0.3 is 5.32 Å². The SMILES string of the molecule is CC(C)(C)c1ccc(C(=O)NCCn2nc(-c3ccc(Cl)cc3)ccc2=O)cc1. The number of nitrogens with zero attached hydrogens (tertiary/aromatic N) is 2. The van der Waals surface area contributed by atoms with Gasteiger partial charge in [0.1, 0.15) is 0 Å². The first-order valence-electron chi connectivity index (χ1n) is 9.47. The van der Waals surface area contributed by atoms with Crippen LogP contribution in [0.4, 0.5) is 0 Å². The lowest BCUT2D eigenvalue weighted by Gasteiger charge is -2.19. The summed E-state index contributed by atoms with van der Waals surface area (Å²) in [6.45, 7) is 6.98. The number of aromatic nitrogens is 2. The highest BCUT2D eigenvalue weighted by atomic mass is 35.5. The lowest BCUT2D eigenvalue weighted by atomic mass is 9.87. The van der Waals surface area contributed by atoms with E-state index in [0.29, 0.717) is 22.8 Å². The Labute approximate surface area is 175 Å². The summed E-state index contributed by atoms with van der Waals surface area (Å²) in [5.74, 6) is -0.174. The molecule has 0 bridgehead atoms. The van der Waals surface area contributed by atoms with Crippen molar-refractivity contribution in [1.29, 1.82) is 0 Å². The first-order valence-corrected chi connectivity index (χ1v) is 9.85. The fourth-order valence-corrected chi connectivity index (χ4v) is 3.01. The predicted octanol–water partition coefficient (Wildman–Crippen LogP) is 4.29. The van der Waals surface area contributed by atoms with Crippen molar-refractivity contribution in [1.82, 2.24) is 15.1 Å². The van der Waals surface area contributed by atoms with Gasteiger partial charge in [-0.15, -0.1) is 0 Å². The maximum atomic E-state index is 12.4. The first kappa shape index (κ1) is 20.8. The van der Waals surface area contributed by atoms with Crippen LogP contribution >= 0.6 is 11.6 Å². The predicted molar refractivity (Wildman–Crippen MR) is 116 cm³/mol. The van der Waals surface area contributed by atoms with Gasteiger partial charge in [-0.1, -0.05) is 56.6 Å². The molecule has 5 nitrogen and oxygen atoms in total. The van der Waals surface area contributed by atoms with Crippen LogP contribution in [0.3, 0.4) is 0 Å². The molecule has 0 aliphatic heterocycles. The summed E-state index contributed by atoms with van der Waals surface area (Å²) in [5, 5.41) is 7.87. The third-order valence-corrected chi connectivity index (χ3v) is 4.88. The monoisotopic (exact) mass is 409 g/mol. The smallest absolute Gasteiger partial charge is 0.266 e. The summed E-state index contributed by atoms with van der Waals surface area (Å²) in [7, 11) is 0. The number of carbonyl (C=O) groups excluding carboxylic acids is 1. The molecule has 0 radical (unpaired) electrons. The zero-order chi connectivity index (χ0) is 21.0. The molecule has 0 spiro atoms. The Kier molecular flexibility index (Phi) is 6.18. The maximum absolute atomic E-state index is 12.4. The molecule has 0 saturated heterocycles. The van der Waals surface area contributed by atoms with Gasteiger partial charge in [-0.25, -0.2) is 4.68 Å². The van der Waals surface area contributed by atoms with Crippen LogP contribution in [0.5, 0.6) is 0 Å². The molecule has 6 heteroatoms. The van der Waals surface area contributed by atoms with Gasteiger partial charge in [0.05, 0.1) is 12.2 Å². The van der Waals surface area contributed by atoms with Gasteiger partial charge in [-0.2, -0.15) is 5.10 Å². The molecule has 0 aliphatic rings. The number of halogens is 1. The van der Waals surface area contributed by atoms with Crippen LogP contribution < -0.4 is 10.9 Å². The Hall–Kier alpha value is -2.92. The number of rotatable bonds is 5. The molecular formula is C23H24ClN3O2. The average Bonchev–Trinajstić information content (AvgIpc) is 2.69. The van der Waals surface area contributed by atoms with E-state index in [0.717, 1.165) is 5.56 Å². The van der Waals surface area contributed by atoms with Crippen LogP contribution in [0.2, 0.25) is 5.02 Å². The summed E-state index contributed by atoms with van der Waals surface area (Å²) in [4.78, 5) is 24.5. The molecule has 0 unspecified atom stereocenters. The molecule has 1 N–H and O–H groups in total. The normalized spacial score (nSPS) is 11.3. The number of nitrogens with one attached hydrogen (secondary N) is 1. The van der Waals surface area contributed by atoms with Crippen LogP contribution in [0.25, 0.3) is 11.3 Å². The minimum atomic E-state index is -0.216. The molecule has 29 heavy (non-hydrogen) atoms. The van der Waals surface area contributed by atoms with E-state index in [1.54, 1.807) is 18.2 Å². The van der Waals surface area contributed by atoms with Crippen LogP contribution in [-0.2, 0) is 12.0 Å². The second-order valence-electron chi connectivity index (χ2n) is 7.87. The van der Waals surface area contributed by atoms with Crippen LogP contribution in [0.15, 0.2) is 65.5 Å². The number of hydrogen-bond acceptors (Lipinski definition) is 3. The van der Waals surface area contributed by atoms with E-state index in [1.807, 2.05) is 36.4 Å². The lowest BCUT2D eigenvalue weighted by Crippen LogP contribution is -2.32. The van der Waals surface area contributed by atoms with Crippen molar-refractivity contribution in [2.75, 3.05) is 6.54 Å². The van der Waals surface area contributed by atoms with E-state index in [9.17, 15) is 9.59 Å². The molecule has 150 valence electrons. The Morgan fingerprint density at radius 2 is 1.66 bits per heavy atom. The minimum Gasteiger partial charge on any atom is -0.350 e. The number of carbonyl (C=O) groups is 1. The van der Waals surface area contributed by atoms with Gasteiger partial charge >= 0.3 is 0 Å². The molecule has 1 amide bonds. The fourth-order valence-electron chi connectivity index (χ4n) is 2.88. The second-order valence-corrected chi connectivity index (χ2v) is 8.31. The van der Waals surface area contributed by atoms with E-state index in [1.165, 1.54) is 16.3 Å². The van der Waals surface area contributed by atoms with Crippen molar-refractivity contribution in [3.05, 3.63) is 87.2 Å². The Bertz CT molecular complexity index is 1050. The number of benzene rings is 2. The highest BCUT2D eigenvalue weighted by molar-refractivity contribution is 6.30. The highest BCUT2D eigenvalue weighted by Crippen LogP contribution is 2.22. The third kappa shape index (κ3) is 5.33. The van der Waals surface area contributed by atoms with Crippen molar-refractivity contribution >= 4 is 17.5 Å². The van der Waals surface area contributed by atoms with Crippen molar-refractivity contribution < 1.29 is 4.79 Å². The lowest BCUT2D eigenvalue weighted by molar-refractivity contribution is 0.0951. The Morgan fingerprint density at radius 3 is 2.28 bits per heavy atom. The van der Waals surface area contributed by atoms with Crippen LogP contribution in [0.1, 0.15) is 36.7 Å². The van der Waals surface area contributed by atoms with Crippen molar-refractivity contribution in [3.63, 3.8) is 0 Å². The van der Waals surface area contributed by atoms with E-state index in [-0.39, 0.29) is 23.4 Å². The minimum absolute atomic E-state index is 0.0386. The third-order valence-electron chi connectivity index (χ3n) is 4.63. The summed E-state index contributed by atoms with van der Waals surface area (Å²) >= 11 is 5.92. The maximum Gasteiger partial charge on any atom is 0.266 e. The summed E-state index contributed by atoms with van der Waals surface area (Å²) < 4.78 is 1.35. The fraction of sp³-hybridized carbons (Fsp3) is 0.261. The van der Waals surface area contributed by atoms with E-state index < -0.39 is 0 Å². The molecule has 3 rings (SSSR count). The second kappa shape index (κ2) is 8.62. The van der Waals surface area contributed by atoms with Gasteiger partial charge in [0.15, 0.2) is 0 Å². The van der Waals surface area contributed by atoms with E-state index in [2.05, 4.69) is 31.2 Å². The highest BCUT2D eigenvalue weighted by Gasteiger charge is 2.14. The molecule has 0 saturated carbocycles. The molecule has 0 fully saturated rings. The molecule has 0 atom stereocenters. The van der Waals surface area contributed by atoms with Gasteiger partial charge in [0.2, 0.25) is 0 Å². The standard InChI is InChI=1S/C23H24ClN3O2/c1-23(2,3)18-8-4-17(5-9-18)22(29)25-14-15-27-21(28)13-12-20(26-27)16-6-10-19(24)11-7-16/h4-13H,14-15H2,1-3H3,(H,25,29). The van der Waals surface area contributed by atoms with Crippen molar-refractivity contribution in [2.45, 2.75) is 32.7 Å². The van der Waals surface area contributed by atoms with Gasteiger partial charge in [0, 0.05) is 28.8 Å². The summed E-state index contributed by atoms with van der Waals surface area (Å²) in [6.07, 6.45) is 0.